The van der Waals surface area contributed by atoms with Gasteiger partial charge in [-0.15, -0.1) is 0 Å². The van der Waals surface area contributed by atoms with Gasteiger partial charge >= 0.3 is 5.69 Å². The monoisotopic (exact) mass is 498 g/mol. The van der Waals surface area contributed by atoms with Gasteiger partial charge in [-0.3, -0.25) is 14.3 Å². The third kappa shape index (κ3) is 5.98. The van der Waals surface area contributed by atoms with Gasteiger partial charge in [0.2, 0.25) is 0 Å². The Morgan fingerprint density at radius 3 is 2.06 bits per heavy atom. The van der Waals surface area contributed by atoms with Gasteiger partial charge in [0, 0.05) is 12.1 Å². The Balaban J connectivity index is 2.45. The number of aromatic amines is 1. The van der Waals surface area contributed by atoms with Crippen molar-refractivity contribution in [2.24, 2.45) is 5.92 Å². The molecule has 2 rings (SSSR count). The van der Waals surface area contributed by atoms with Crippen LogP contribution >= 0.6 is 0 Å². The molecule has 1 fully saturated rings. The van der Waals surface area contributed by atoms with Crippen LogP contribution in [0.4, 0.5) is 0 Å². The van der Waals surface area contributed by atoms with Crippen LogP contribution in [0.2, 0.25) is 36.3 Å². The van der Waals surface area contributed by atoms with Crippen LogP contribution in [0.15, 0.2) is 15.8 Å². The van der Waals surface area contributed by atoms with E-state index in [1.54, 1.807) is 6.20 Å². The van der Waals surface area contributed by atoms with Crippen LogP contribution in [-0.4, -0.2) is 38.4 Å². The molecule has 0 bridgehead atoms. The number of H-pyrrole nitrogens is 1. The zero-order valence-electron chi connectivity index (χ0n) is 22.8. The lowest BCUT2D eigenvalue weighted by Crippen LogP contribution is -2.47. The van der Waals surface area contributed by atoms with Gasteiger partial charge in [-0.25, -0.2) is 4.79 Å². The van der Waals surface area contributed by atoms with Gasteiger partial charge in [0.25, 0.3) is 5.56 Å². The van der Waals surface area contributed by atoms with E-state index >= 15 is 0 Å². The Hall–Kier alpha value is -1.01. The first-order chi connectivity index (χ1) is 14.8. The Morgan fingerprint density at radius 2 is 1.58 bits per heavy atom. The number of ether oxygens (including phenoxy) is 1. The quantitative estimate of drug-likeness (QED) is 0.510. The van der Waals surface area contributed by atoms with Crippen LogP contribution in [0.3, 0.4) is 0 Å². The average molecular weight is 499 g/mol. The number of hydrogen-bond donors (Lipinski definition) is 1. The minimum absolute atomic E-state index is 0.00646. The molecule has 0 saturated carbocycles. The van der Waals surface area contributed by atoms with Gasteiger partial charge in [-0.05, 0) is 42.7 Å². The van der Waals surface area contributed by atoms with Crippen LogP contribution in [0.5, 0.6) is 0 Å². The van der Waals surface area contributed by atoms with E-state index in [9.17, 15) is 9.59 Å². The van der Waals surface area contributed by atoms with Crippen molar-refractivity contribution < 1.29 is 13.6 Å². The second kappa shape index (κ2) is 9.56. The lowest BCUT2D eigenvalue weighted by Gasteiger charge is -2.40. The average Bonchev–Trinajstić information content (AvgIpc) is 2.94. The molecule has 0 spiro atoms. The Bertz CT molecular complexity index is 940. The molecule has 7 nitrogen and oxygen atoms in total. The highest BCUT2D eigenvalue weighted by molar-refractivity contribution is 6.74. The highest BCUT2D eigenvalue weighted by atomic mass is 28.4. The number of nitrogens with one attached hydrogen (secondary N) is 1. The number of nitrogens with zero attached hydrogens (tertiary/aromatic N) is 1. The molecule has 33 heavy (non-hydrogen) atoms. The summed E-state index contributed by atoms with van der Waals surface area (Å²) >= 11 is 0. The molecule has 1 N–H and O–H groups in total. The molecule has 1 aliphatic rings. The first-order valence-corrected chi connectivity index (χ1v) is 17.9. The number of hydrogen-bond acceptors (Lipinski definition) is 5. The molecular formula is C24H46N2O5Si2. The number of aromatic nitrogens is 2. The minimum Gasteiger partial charge on any atom is -0.411 e. The van der Waals surface area contributed by atoms with Crippen molar-refractivity contribution >= 4 is 16.6 Å². The fourth-order valence-corrected chi connectivity index (χ4v) is 5.82. The van der Waals surface area contributed by atoms with E-state index < -0.39 is 34.0 Å². The topological polar surface area (TPSA) is 82.5 Å². The first-order valence-electron chi connectivity index (χ1n) is 12.1. The first kappa shape index (κ1) is 28.2. The van der Waals surface area contributed by atoms with Gasteiger partial charge in [-0.1, -0.05) is 55.4 Å². The minimum atomic E-state index is -2.11. The second-order valence-electron chi connectivity index (χ2n) is 12.6. The summed E-state index contributed by atoms with van der Waals surface area (Å²) in [4.78, 5) is 28.0. The fourth-order valence-electron chi connectivity index (χ4n) is 3.55. The second-order valence-corrected chi connectivity index (χ2v) is 22.1. The van der Waals surface area contributed by atoms with Crippen LogP contribution in [-0.2, 0) is 20.3 Å². The smallest absolute Gasteiger partial charge is 0.330 e. The standard InChI is InChI=1S/C24H46N2O5Si2/c1-13-18-16(2)19(31-33(11,12)24(6,7)8)20(30-18)17-14-26(22(28)25-21(17)27)15-29-32(9,10)23(3,4)5/h14,16,18-20H,13,15H2,1-12H3,(H,25,27,28)/t16?,18-,19+,20+/m1/s1. The summed E-state index contributed by atoms with van der Waals surface area (Å²) in [7, 11) is -4.18. The normalized spacial score (nSPS) is 25.0. The Morgan fingerprint density at radius 1 is 1.03 bits per heavy atom. The molecule has 0 amide bonds. The summed E-state index contributed by atoms with van der Waals surface area (Å²) in [6.45, 7) is 26.1. The van der Waals surface area contributed by atoms with Crippen LogP contribution in [0, 0.1) is 5.92 Å². The molecule has 1 aromatic rings. The maximum atomic E-state index is 12.9. The van der Waals surface area contributed by atoms with Gasteiger partial charge in [-0.2, -0.15) is 0 Å². The van der Waals surface area contributed by atoms with E-state index in [-0.39, 0.29) is 34.9 Å². The molecule has 2 heterocycles. The molecule has 1 aliphatic heterocycles. The molecular weight excluding hydrogens is 452 g/mol. The van der Waals surface area contributed by atoms with Crippen molar-refractivity contribution in [1.29, 1.82) is 0 Å². The third-order valence-corrected chi connectivity index (χ3v) is 17.0. The Kier molecular flexibility index (Phi) is 8.18. The maximum absolute atomic E-state index is 12.9. The molecule has 1 saturated heterocycles. The largest absolute Gasteiger partial charge is 0.411 e. The summed E-state index contributed by atoms with van der Waals surface area (Å²) in [6.07, 6.45) is 1.67. The predicted molar refractivity (Wildman–Crippen MR) is 139 cm³/mol. The van der Waals surface area contributed by atoms with Crippen molar-refractivity contribution in [3.05, 3.63) is 32.6 Å². The highest BCUT2D eigenvalue weighted by Gasteiger charge is 2.49. The van der Waals surface area contributed by atoms with E-state index in [1.165, 1.54) is 4.57 Å². The summed E-state index contributed by atoms with van der Waals surface area (Å²) in [5.41, 5.74) is -0.455. The zero-order chi connectivity index (χ0) is 25.6. The van der Waals surface area contributed by atoms with Gasteiger partial charge in [0.1, 0.15) is 12.8 Å². The zero-order valence-corrected chi connectivity index (χ0v) is 24.8. The van der Waals surface area contributed by atoms with E-state index in [2.05, 4.69) is 86.6 Å². The lowest BCUT2D eigenvalue weighted by molar-refractivity contribution is 0.00930. The fraction of sp³-hybridized carbons (Fsp3) is 0.833. The Labute approximate surface area is 201 Å². The molecule has 0 aliphatic carbocycles. The molecule has 1 aromatic heterocycles. The molecule has 0 aromatic carbocycles. The van der Waals surface area contributed by atoms with E-state index in [0.29, 0.717) is 5.56 Å². The van der Waals surface area contributed by atoms with E-state index in [0.717, 1.165) is 6.42 Å². The van der Waals surface area contributed by atoms with E-state index in [4.69, 9.17) is 13.6 Å². The van der Waals surface area contributed by atoms with Crippen molar-refractivity contribution in [2.45, 2.75) is 123 Å². The SMILES string of the molecule is CC[C@H]1O[C@@H](c2cn(CO[Si](C)(C)C(C)(C)C)c(=O)[nH]c2=O)[C@@H](O[Si](C)(C)C(C)(C)C)C1C. The van der Waals surface area contributed by atoms with E-state index in [1.807, 2.05) is 0 Å². The van der Waals surface area contributed by atoms with Gasteiger partial charge in [0.05, 0.1) is 17.8 Å². The van der Waals surface area contributed by atoms with Crippen molar-refractivity contribution in [3.8, 4) is 0 Å². The molecule has 190 valence electrons. The van der Waals surface area contributed by atoms with Crippen molar-refractivity contribution in [2.75, 3.05) is 0 Å². The van der Waals surface area contributed by atoms with Crippen LogP contribution in [0.1, 0.15) is 73.5 Å². The van der Waals surface area contributed by atoms with Crippen molar-refractivity contribution in [1.82, 2.24) is 9.55 Å². The lowest BCUT2D eigenvalue weighted by atomic mass is 9.95. The van der Waals surface area contributed by atoms with Crippen molar-refractivity contribution in [3.63, 3.8) is 0 Å². The van der Waals surface area contributed by atoms with Gasteiger partial charge < -0.3 is 13.6 Å². The van der Waals surface area contributed by atoms with Gasteiger partial charge in [0.15, 0.2) is 16.6 Å². The summed E-state index contributed by atoms with van der Waals surface area (Å²) in [5.74, 6) is 0.136. The maximum Gasteiger partial charge on any atom is 0.330 e. The summed E-state index contributed by atoms with van der Waals surface area (Å²) in [5, 5.41) is 0.0475. The molecule has 1 unspecified atom stereocenters. The number of rotatable bonds is 7. The molecule has 9 heteroatoms. The third-order valence-electron chi connectivity index (χ3n) is 8.08. The molecule has 4 atom stereocenters. The van der Waals surface area contributed by atoms with Crippen LogP contribution < -0.4 is 11.2 Å². The highest BCUT2D eigenvalue weighted by Crippen LogP contribution is 2.45. The van der Waals surface area contributed by atoms with Crippen LogP contribution in [0.25, 0.3) is 0 Å². The predicted octanol–water partition coefficient (Wildman–Crippen LogP) is 5.39. The summed E-state index contributed by atoms with van der Waals surface area (Å²) in [6, 6.07) is 0. The summed E-state index contributed by atoms with van der Waals surface area (Å²) < 4.78 is 20.9. The molecule has 0 radical (unpaired) electrons.